The van der Waals surface area contributed by atoms with Crippen LogP contribution < -0.4 is 5.73 Å². The Morgan fingerprint density at radius 1 is 1.64 bits per heavy atom. The van der Waals surface area contributed by atoms with Crippen LogP contribution in [0, 0.1) is 0 Å². The standard InChI is InChI=1S/C9H12ClN3S/c1-14-9-12-6-7(8(10)13-9)4-2-3-5-11/h2,4,6H,3,5,11H2,1H3. The molecule has 0 aliphatic heterocycles. The number of nitrogens with two attached hydrogens (primary N) is 1. The number of hydrogen-bond donors (Lipinski definition) is 1. The number of nitrogens with zero attached hydrogens (tertiary/aromatic N) is 2. The van der Waals surface area contributed by atoms with E-state index < -0.39 is 0 Å². The molecule has 5 heteroatoms. The van der Waals surface area contributed by atoms with Gasteiger partial charge in [0.05, 0.1) is 0 Å². The highest BCUT2D eigenvalue weighted by atomic mass is 35.5. The lowest BCUT2D eigenvalue weighted by Crippen LogP contribution is -1.95. The molecule has 0 radical (unpaired) electrons. The van der Waals surface area contributed by atoms with Crippen LogP contribution in [0.15, 0.2) is 17.4 Å². The van der Waals surface area contributed by atoms with Crippen LogP contribution in [0.1, 0.15) is 12.0 Å². The summed E-state index contributed by atoms with van der Waals surface area (Å²) in [6.07, 6.45) is 8.31. The molecule has 0 saturated carbocycles. The summed E-state index contributed by atoms with van der Waals surface area (Å²) in [6.45, 7) is 0.637. The maximum Gasteiger partial charge on any atom is 0.188 e. The summed E-state index contributed by atoms with van der Waals surface area (Å²) < 4.78 is 0. The molecule has 0 spiro atoms. The fourth-order valence-electron chi connectivity index (χ4n) is 0.872. The zero-order valence-corrected chi connectivity index (χ0v) is 9.48. The number of rotatable bonds is 4. The van der Waals surface area contributed by atoms with E-state index in [1.807, 2.05) is 18.4 Å². The molecule has 0 amide bonds. The molecule has 1 heterocycles. The maximum absolute atomic E-state index is 5.94. The average molecular weight is 230 g/mol. The van der Waals surface area contributed by atoms with E-state index in [9.17, 15) is 0 Å². The second kappa shape index (κ2) is 6.01. The summed E-state index contributed by atoms with van der Waals surface area (Å²) in [4.78, 5) is 8.23. The molecule has 76 valence electrons. The van der Waals surface area contributed by atoms with Gasteiger partial charge in [-0.25, -0.2) is 9.97 Å². The number of halogens is 1. The molecular weight excluding hydrogens is 218 g/mol. The van der Waals surface area contributed by atoms with Crippen LogP contribution in [0.3, 0.4) is 0 Å². The Morgan fingerprint density at radius 2 is 2.43 bits per heavy atom. The van der Waals surface area contributed by atoms with E-state index in [-0.39, 0.29) is 0 Å². The summed E-state index contributed by atoms with van der Waals surface area (Å²) in [5.74, 6) is 0. The SMILES string of the molecule is CSc1ncc(C=CCCN)c(Cl)n1. The van der Waals surface area contributed by atoms with Crippen LogP contribution in [0.2, 0.25) is 5.15 Å². The highest BCUT2D eigenvalue weighted by Gasteiger charge is 2.00. The number of aromatic nitrogens is 2. The van der Waals surface area contributed by atoms with Crippen molar-refractivity contribution in [3.8, 4) is 0 Å². The van der Waals surface area contributed by atoms with Crippen molar-refractivity contribution in [3.05, 3.63) is 23.0 Å². The fourth-order valence-corrected chi connectivity index (χ4v) is 1.45. The van der Waals surface area contributed by atoms with Crippen molar-refractivity contribution >= 4 is 29.4 Å². The summed E-state index contributed by atoms with van der Waals surface area (Å²) in [5, 5.41) is 1.17. The molecule has 0 bridgehead atoms. The van der Waals surface area contributed by atoms with Gasteiger partial charge < -0.3 is 5.73 Å². The van der Waals surface area contributed by atoms with Gasteiger partial charge in [-0.3, -0.25) is 0 Å². The van der Waals surface area contributed by atoms with Gasteiger partial charge in [-0.1, -0.05) is 35.5 Å². The van der Waals surface area contributed by atoms with E-state index in [4.69, 9.17) is 17.3 Å². The minimum absolute atomic E-state index is 0.484. The third-order valence-corrected chi connectivity index (χ3v) is 2.42. The van der Waals surface area contributed by atoms with Crippen molar-refractivity contribution in [1.29, 1.82) is 0 Å². The van der Waals surface area contributed by atoms with E-state index in [2.05, 4.69) is 9.97 Å². The Bertz CT molecular complexity index is 328. The van der Waals surface area contributed by atoms with Crippen molar-refractivity contribution in [1.82, 2.24) is 9.97 Å². The van der Waals surface area contributed by atoms with E-state index in [0.29, 0.717) is 16.9 Å². The van der Waals surface area contributed by atoms with Crippen LogP contribution in [0.4, 0.5) is 0 Å². The van der Waals surface area contributed by atoms with Gasteiger partial charge in [-0.15, -0.1) is 0 Å². The highest BCUT2D eigenvalue weighted by molar-refractivity contribution is 7.98. The molecule has 0 aliphatic rings. The second-order valence-electron chi connectivity index (χ2n) is 2.58. The normalized spacial score (nSPS) is 11.1. The lowest BCUT2D eigenvalue weighted by Gasteiger charge is -1.98. The van der Waals surface area contributed by atoms with Crippen LogP contribution in [0.25, 0.3) is 6.08 Å². The Balaban J connectivity index is 2.78. The molecule has 0 saturated heterocycles. The smallest absolute Gasteiger partial charge is 0.188 e. The predicted molar refractivity (Wildman–Crippen MR) is 61.5 cm³/mol. The lowest BCUT2D eigenvalue weighted by atomic mass is 10.3. The monoisotopic (exact) mass is 229 g/mol. The minimum atomic E-state index is 0.484. The Labute approximate surface area is 92.8 Å². The first-order valence-electron chi connectivity index (χ1n) is 4.21. The van der Waals surface area contributed by atoms with Gasteiger partial charge in [0.2, 0.25) is 0 Å². The molecule has 0 aliphatic carbocycles. The third kappa shape index (κ3) is 3.29. The number of hydrogen-bond acceptors (Lipinski definition) is 4. The summed E-state index contributed by atoms with van der Waals surface area (Å²) in [5.41, 5.74) is 6.19. The van der Waals surface area contributed by atoms with E-state index in [1.165, 1.54) is 11.8 Å². The minimum Gasteiger partial charge on any atom is -0.330 e. The molecule has 1 aromatic heterocycles. The molecule has 2 N–H and O–H groups in total. The van der Waals surface area contributed by atoms with Crippen LogP contribution >= 0.6 is 23.4 Å². The van der Waals surface area contributed by atoms with Gasteiger partial charge in [-0.2, -0.15) is 0 Å². The Kier molecular flexibility index (Phi) is 4.93. The number of thioether (sulfide) groups is 1. The summed E-state index contributed by atoms with van der Waals surface area (Å²) in [7, 11) is 0. The molecule has 0 unspecified atom stereocenters. The molecule has 14 heavy (non-hydrogen) atoms. The maximum atomic E-state index is 5.94. The van der Waals surface area contributed by atoms with Gasteiger partial charge in [0.25, 0.3) is 0 Å². The van der Waals surface area contributed by atoms with Crippen molar-refractivity contribution in [2.75, 3.05) is 12.8 Å². The Morgan fingerprint density at radius 3 is 3.00 bits per heavy atom. The van der Waals surface area contributed by atoms with E-state index >= 15 is 0 Å². The third-order valence-electron chi connectivity index (χ3n) is 1.56. The predicted octanol–water partition coefficient (Wildman–Crippen LogP) is 2.21. The molecule has 1 rings (SSSR count). The van der Waals surface area contributed by atoms with Gasteiger partial charge in [0.1, 0.15) is 5.15 Å². The van der Waals surface area contributed by atoms with E-state index in [1.54, 1.807) is 6.20 Å². The van der Waals surface area contributed by atoms with Crippen LogP contribution in [0.5, 0.6) is 0 Å². The first kappa shape index (κ1) is 11.5. The summed E-state index contributed by atoms with van der Waals surface area (Å²) in [6, 6.07) is 0. The molecule has 0 atom stereocenters. The van der Waals surface area contributed by atoms with Crippen molar-refractivity contribution in [3.63, 3.8) is 0 Å². The van der Waals surface area contributed by atoms with Crippen molar-refractivity contribution in [2.24, 2.45) is 5.73 Å². The Hall–Kier alpha value is -0.580. The molecule has 3 nitrogen and oxygen atoms in total. The first-order valence-corrected chi connectivity index (χ1v) is 5.81. The van der Waals surface area contributed by atoms with Crippen molar-refractivity contribution in [2.45, 2.75) is 11.6 Å². The second-order valence-corrected chi connectivity index (χ2v) is 3.71. The largest absolute Gasteiger partial charge is 0.330 e. The van der Waals surface area contributed by atoms with Gasteiger partial charge >= 0.3 is 0 Å². The lowest BCUT2D eigenvalue weighted by molar-refractivity contribution is 0.965. The zero-order valence-electron chi connectivity index (χ0n) is 7.90. The van der Waals surface area contributed by atoms with Crippen LogP contribution in [-0.4, -0.2) is 22.8 Å². The average Bonchev–Trinajstić information content (AvgIpc) is 2.20. The first-order chi connectivity index (χ1) is 6.77. The van der Waals surface area contributed by atoms with Crippen LogP contribution in [-0.2, 0) is 0 Å². The zero-order chi connectivity index (χ0) is 10.4. The van der Waals surface area contributed by atoms with Gasteiger partial charge in [0, 0.05) is 11.8 Å². The highest BCUT2D eigenvalue weighted by Crippen LogP contribution is 2.17. The quantitative estimate of drug-likeness (QED) is 0.489. The van der Waals surface area contributed by atoms with Gasteiger partial charge in [0.15, 0.2) is 5.16 Å². The molecule has 0 aromatic carbocycles. The van der Waals surface area contributed by atoms with Crippen molar-refractivity contribution < 1.29 is 0 Å². The topological polar surface area (TPSA) is 51.8 Å². The summed E-state index contributed by atoms with van der Waals surface area (Å²) >= 11 is 7.41. The molecular formula is C9H12ClN3S. The molecule has 1 aromatic rings. The molecule has 0 fully saturated rings. The van der Waals surface area contributed by atoms with E-state index in [0.717, 1.165) is 12.0 Å². The fraction of sp³-hybridized carbons (Fsp3) is 0.333. The van der Waals surface area contributed by atoms with Gasteiger partial charge in [-0.05, 0) is 19.2 Å².